The number of benzene rings is 1. The molecule has 1 aliphatic carbocycles. The molecule has 0 saturated heterocycles. The number of methoxy groups -OCH3 is 2. The number of carbonyl (C=O) groups is 1. The van der Waals surface area contributed by atoms with Crippen molar-refractivity contribution < 1.29 is 14.3 Å². The van der Waals surface area contributed by atoms with Gasteiger partial charge in [-0.3, -0.25) is 4.79 Å². The fraction of sp³-hybridized carbons (Fsp3) is 0.533. The first-order valence-corrected chi connectivity index (χ1v) is 6.42. The van der Waals surface area contributed by atoms with Crippen LogP contribution in [0.1, 0.15) is 36.5 Å². The number of hydrogen-bond acceptors (Lipinski definition) is 3. The molecule has 98 valence electrons. The summed E-state index contributed by atoms with van der Waals surface area (Å²) in [6, 6.07) is 5.39. The standard InChI is InChI=1S/C15H20O3/c1-10-4-5-11(8-10)15(16)13-7-6-12(17-2)9-14(13)18-3/h6-7,9-11H,4-5,8H2,1-3H3. The summed E-state index contributed by atoms with van der Waals surface area (Å²) < 4.78 is 10.4. The molecule has 1 saturated carbocycles. The molecule has 0 radical (unpaired) electrons. The summed E-state index contributed by atoms with van der Waals surface area (Å²) in [7, 11) is 3.19. The predicted molar refractivity (Wildman–Crippen MR) is 70.4 cm³/mol. The SMILES string of the molecule is COc1ccc(C(=O)C2CCC(C)C2)c(OC)c1. The smallest absolute Gasteiger partial charge is 0.169 e. The Hall–Kier alpha value is -1.51. The van der Waals surface area contributed by atoms with E-state index in [1.807, 2.05) is 12.1 Å². The minimum atomic E-state index is 0.155. The van der Waals surface area contributed by atoms with Gasteiger partial charge in [-0.05, 0) is 37.3 Å². The number of ether oxygens (including phenoxy) is 2. The molecule has 18 heavy (non-hydrogen) atoms. The molecule has 0 amide bonds. The molecule has 0 N–H and O–H groups in total. The highest BCUT2D eigenvalue weighted by Crippen LogP contribution is 2.35. The summed E-state index contributed by atoms with van der Waals surface area (Å²) >= 11 is 0. The summed E-state index contributed by atoms with van der Waals surface area (Å²) in [5.41, 5.74) is 0.678. The van der Waals surface area contributed by atoms with Crippen molar-refractivity contribution in [3.05, 3.63) is 23.8 Å². The van der Waals surface area contributed by atoms with Crippen molar-refractivity contribution in [3.8, 4) is 11.5 Å². The van der Waals surface area contributed by atoms with E-state index in [-0.39, 0.29) is 11.7 Å². The van der Waals surface area contributed by atoms with Crippen LogP contribution in [0.3, 0.4) is 0 Å². The molecule has 2 atom stereocenters. The fourth-order valence-electron chi connectivity index (χ4n) is 2.67. The summed E-state index contributed by atoms with van der Waals surface area (Å²) in [4.78, 5) is 12.5. The van der Waals surface area contributed by atoms with Gasteiger partial charge in [-0.1, -0.05) is 6.92 Å². The number of carbonyl (C=O) groups excluding carboxylic acids is 1. The third-order valence-corrected chi connectivity index (χ3v) is 3.74. The number of rotatable bonds is 4. The summed E-state index contributed by atoms with van der Waals surface area (Å²) in [6.45, 7) is 2.21. The normalized spacial score (nSPS) is 22.8. The van der Waals surface area contributed by atoms with Gasteiger partial charge in [0.05, 0.1) is 19.8 Å². The quantitative estimate of drug-likeness (QED) is 0.767. The van der Waals surface area contributed by atoms with Crippen LogP contribution in [0.5, 0.6) is 11.5 Å². The Balaban J connectivity index is 2.24. The first-order chi connectivity index (χ1) is 8.65. The van der Waals surface area contributed by atoms with Gasteiger partial charge in [0.15, 0.2) is 5.78 Å². The van der Waals surface area contributed by atoms with Crippen molar-refractivity contribution in [1.82, 2.24) is 0 Å². The third kappa shape index (κ3) is 2.50. The first kappa shape index (κ1) is 12.9. The van der Waals surface area contributed by atoms with Crippen LogP contribution in [-0.4, -0.2) is 20.0 Å². The van der Waals surface area contributed by atoms with Crippen LogP contribution < -0.4 is 9.47 Å². The summed E-state index contributed by atoms with van der Waals surface area (Å²) in [5, 5.41) is 0. The molecule has 1 aromatic carbocycles. The lowest BCUT2D eigenvalue weighted by Crippen LogP contribution is -2.12. The Morgan fingerprint density at radius 3 is 2.56 bits per heavy atom. The van der Waals surface area contributed by atoms with E-state index in [2.05, 4.69) is 6.92 Å². The zero-order chi connectivity index (χ0) is 13.1. The lowest BCUT2D eigenvalue weighted by atomic mass is 9.94. The van der Waals surface area contributed by atoms with Crippen LogP contribution in [0.25, 0.3) is 0 Å². The molecule has 1 aromatic rings. The molecule has 2 rings (SSSR count). The summed E-state index contributed by atoms with van der Waals surface area (Å²) in [6.07, 6.45) is 3.14. The van der Waals surface area contributed by atoms with Crippen LogP contribution in [0.2, 0.25) is 0 Å². The van der Waals surface area contributed by atoms with Crippen LogP contribution in [0, 0.1) is 11.8 Å². The van der Waals surface area contributed by atoms with E-state index in [1.54, 1.807) is 20.3 Å². The van der Waals surface area contributed by atoms with Gasteiger partial charge in [0.2, 0.25) is 0 Å². The molecule has 1 aliphatic rings. The lowest BCUT2D eigenvalue weighted by molar-refractivity contribution is 0.0917. The van der Waals surface area contributed by atoms with Crippen LogP contribution in [0.4, 0.5) is 0 Å². The second-order valence-corrected chi connectivity index (χ2v) is 5.05. The van der Waals surface area contributed by atoms with Crippen LogP contribution in [-0.2, 0) is 0 Å². The van der Waals surface area contributed by atoms with E-state index in [0.717, 1.165) is 19.3 Å². The lowest BCUT2D eigenvalue weighted by Gasteiger charge is -2.13. The van der Waals surface area contributed by atoms with Gasteiger partial charge >= 0.3 is 0 Å². The van der Waals surface area contributed by atoms with E-state index < -0.39 is 0 Å². The van der Waals surface area contributed by atoms with Gasteiger partial charge in [-0.2, -0.15) is 0 Å². The Kier molecular flexibility index (Phi) is 3.90. The van der Waals surface area contributed by atoms with E-state index in [4.69, 9.17) is 9.47 Å². The molecule has 2 unspecified atom stereocenters. The van der Waals surface area contributed by atoms with Gasteiger partial charge in [0.25, 0.3) is 0 Å². The molecule has 0 bridgehead atoms. The van der Waals surface area contributed by atoms with Crippen molar-refractivity contribution in [1.29, 1.82) is 0 Å². The van der Waals surface area contributed by atoms with E-state index in [0.29, 0.717) is 23.0 Å². The van der Waals surface area contributed by atoms with Gasteiger partial charge in [-0.25, -0.2) is 0 Å². The molecular formula is C15H20O3. The number of Topliss-reactive ketones (excluding diaryl/α,β-unsaturated/α-hetero) is 1. The van der Waals surface area contributed by atoms with E-state index in [9.17, 15) is 4.79 Å². The van der Waals surface area contributed by atoms with Crippen molar-refractivity contribution in [2.24, 2.45) is 11.8 Å². The average molecular weight is 248 g/mol. The Bertz CT molecular complexity index is 439. The average Bonchev–Trinajstić information content (AvgIpc) is 2.83. The topological polar surface area (TPSA) is 35.5 Å². The minimum absolute atomic E-state index is 0.155. The molecule has 1 fully saturated rings. The second-order valence-electron chi connectivity index (χ2n) is 5.05. The first-order valence-electron chi connectivity index (χ1n) is 6.42. The van der Waals surface area contributed by atoms with Crippen molar-refractivity contribution >= 4 is 5.78 Å². The van der Waals surface area contributed by atoms with Gasteiger partial charge < -0.3 is 9.47 Å². The Morgan fingerprint density at radius 1 is 1.22 bits per heavy atom. The van der Waals surface area contributed by atoms with Gasteiger partial charge in [-0.15, -0.1) is 0 Å². The molecule has 0 aromatic heterocycles. The molecule has 3 nitrogen and oxygen atoms in total. The number of hydrogen-bond donors (Lipinski definition) is 0. The maximum Gasteiger partial charge on any atom is 0.169 e. The molecule has 3 heteroatoms. The Morgan fingerprint density at radius 2 is 2.00 bits per heavy atom. The monoisotopic (exact) mass is 248 g/mol. The molecule has 0 aliphatic heterocycles. The highest BCUT2D eigenvalue weighted by atomic mass is 16.5. The Labute approximate surface area is 108 Å². The van der Waals surface area contributed by atoms with Gasteiger partial charge in [0, 0.05) is 12.0 Å². The zero-order valence-corrected chi connectivity index (χ0v) is 11.2. The predicted octanol–water partition coefficient (Wildman–Crippen LogP) is 3.32. The van der Waals surface area contributed by atoms with Crippen LogP contribution >= 0.6 is 0 Å². The highest BCUT2D eigenvalue weighted by Gasteiger charge is 2.29. The minimum Gasteiger partial charge on any atom is -0.497 e. The van der Waals surface area contributed by atoms with Crippen molar-refractivity contribution in [3.63, 3.8) is 0 Å². The maximum absolute atomic E-state index is 12.5. The van der Waals surface area contributed by atoms with E-state index >= 15 is 0 Å². The highest BCUT2D eigenvalue weighted by molar-refractivity contribution is 6.00. The second kappa shape index (κ2) is 5.42. The maximum atomic E-state index is 12.5. The zero-order valence-electron chi connectivity index (χ0n) is 11.2. The van der Waals surface area contributed by atoms with Crippen molar-refractivity contribution in [2.45, 2.75) is 26.2 Å². The van der Waals surface area contributed by atoms with Crippen molar-refractivity contribution in [2.75, 3.05) is 14.2 Å². The summed E-state index contributed by atoms with van der Waals surface area (Å²) in [5.74, 6) is 2.34. The number of ketones is 1. The van der Waals surface area contributed by atoms with Gasteiger partial charge in [0.1, 0.15) is 11.5 Å². The van der Waals surface area contributed by atoms with E-state index in [1.165, 1.54) is 0 Å². The third-order valence-electron chi connectivity index (χ3n) is 3.74. The van der Waals surface area contributed by atoms with Crippen LogP contribution in [0.15, 0.2) is 18.2 Å². The fourth-order valence-corrected chi connectivity index (χ4v) is 2.67. The molecular weight excluding hydrogens is 228 g/mol. The largest absolute Gasteiger partial charge is 0.497 e. The molecule has 0 spiro atoms. The molecule has 0 heterocycles.